The van der Waals surface area contributed by atoms with Gasteiger partial charge in [0.2, 0.25) is 10.0 Å². The van der Waals surface area contributed by atoms with Gasteiger partial charge in [-0.15, -0.1) is 0 Å². The minimum Gasteiger partial charge on any atom is -0.270 e. The first kappa shape index (κ1) is 15.3. The van der Waals surface area contributed by atoms with Gasteiger partial charge in [0.25, 0.3) is 0 Å². The lowest BCUT2D eigenvalue weighted by molar-refractivity contribution is 0.388. The lowest BCUT2D eigenvalue weighted by Gasteiger charge is -2.37. The van der Waals surface area contributed by atoms with E-state index in [0.29, 0.717) is 0 Å². The van der Waals surface area contributed by atoms with Crippen molar-refractivity contribution in [2.24, 2.45) is 0 Å². The van der Waals surface area contributed by atoms with Crippen molar-refractivity contribution in [2.75, 3.05) is 6.26 Å². The fourth-order valence-electron chi connectivity index (χ4n) is 3.41. The summed E-state index contributed by atoms with van der Waals surface area (Å²) in [6, 6.07) is 10.1. The van der Waals surface area contributed by atoms with Gasteiger partial charge in [-0.25, -0.2) is 8.42 Å². The Balaban J connectivity index is 2.05. The predicted octanol–water partition coefficient (Wildman–Crippen LogP) is 3.95. The Morgan fingerprint density at radius 3 is 2.59 bits per heavy atom. The third kappa shape index (κ3) is 3.27. The summed E-state index contributed by atoms with van der Waals surface area (Å²) in [6.07, 6.45) is 11.8. The summed E-state index contributed by atoms with van der Waals surface area (Å²) in [7, 11) is -3.25. The molecule has 4 heteroatoms. The smallest absolute Gasteiger partial charge is 0.232 e. The summed E-state index contributed by atoms with van der Waals surface area (Å²) >= 11 is 0. The van der Waals surface area contributed by atoms with E-state index in [2.05, 4.69) is 18.2 Å². The fraction of sp³-hybridized carbons (Fsp3) is 0.444. The molecule has 3 rings (SSSR count). The Hall–Kier alpha value is -1.55. The molecule has 1 aliphatic heterocycles. The molecule has 22 heavy (non-hydrogen) atoms. The number of benzene rings is 1. The second-order valence-electron chi connectivity index (χ2n) is 6.22. The van der Waals surface area contributed by atoms with Gasteiger partial charge in [0.15, 0.2) is 0 Å². The molecular weight excluding hydrogens is 294 g/mol. The number of hydrogen-bond donors (Lipinski definition) is 0. The maximum Gasteiger partial charge on any atom is 0.232 e. The molecule has 0 N–H and O–H groups in total. The highest BCUT2D eigenvalue weighted by Crippen LogP contribution is 2.36. The molecule has 118 valence electrons. The van der Waals surface area contributed by atoms with Gasteiger partial charge in [0, 0.05) is 6.20 Å². The van der Waals surface area contributed by atoms with Crippen LogP contribution in [-0.4, -0.2) is 25.0 Å². The highest BCUT2D eigenvalue weighted by molar-refractivity contribution is 7.88. The molecule has 0 radical (unpaired) electrons. The van der Waals surface area contributed by atoms with Gasteiger partial charge in [-0.05, 0) is 42.4 Å². The van der Waals surface area contributed by atoms with E-state index >= 15 is 0 Å². The molecule has 0 aromatic heterocycles. The van der Waals surface area contributed by atoms with Crippen LogP contribution in [0.5, 0.6) is 0 Å². The third-order valence-electron chi connectivity index (χ3n) is 4.53. The zero-order valence-corrected chi connectivity index (χ0v) is 13.8. The van der Waals surface area contributed by atoms with Crippen LogP contribution >= 0.6 is 0 Å². The third-order valence-corrected chi connectivity index (χ3v) is 5.65. The quantitative estimate of drug-likeness (QED) is 0.775. The maximum atomic E-state index is 12.3. The van der Waals surface area contributed by atoms with E-state index in [1.165, 1.54) is 24.7 Å². The number of hydrogen-bond acceptors (Lipinski definition) is 2. The molecule has 0 unspecified atom stereocenters. The van der Waals surface area contributed by atoms with Crippen LogP contribution in [0.2, 0.25) is 0 Å². The largest absolute Gasteiger partial charge is 0.270 e. The molecule has 1 heterocycles. The fourth-order valence-corrected chi connectivity index (χ4v) is 4.43. The molecule has 0 amide bonds. The first-order valence-corrected chi connectivity index (χ1v) is 9.84. The number of nitrogens with zero attached hydrogens (tertiary/aromatic N) is 1. The van der Waals surface area contributed by atoms with Gasteiger partial charge in [-0.3, -0.25) is 4.31 Å². The lowest BCUT2D eigenvalue weighted by atomic mass is 9.87. The maximum absolute atomic E-state index is 12.3. The summed E-state index contributed by atoms with van der Waals surface area (Å²) in [5.41, 5.74) is 3.47. The van der Waals surface area contributed by atoms with Crippen LogP contribution in [-0.2, 0) is 10.0 Å². The van der Waals surface area contributed by atoms with Crippen LogP contribution in [0.1, 0.15) is 44.1 Å². The van der Waals surface area contributed by atoms with E-state index in [-0.39, 0.29) is 6.04 Å². The summed E-state index contributed by atoms with van der Waals surface area (Å²) in [4.78, 5) is 0. The molecule has 1 aliphatic carbocycles. The average Bonchev–Trinajstić information content (AvgIpc) is 2.47. The molecule has 0 saturated heterocycles. The number of allylic oxidation sites excluding steroid dienone is 2. The molecule has 1 atom stereocenters. The van der Waals surface area contributed by atoms with Crippen LogP contribution in [0.15, 0.2) is 48.2 Å². The van der Waals surface area contributed by atoms with Gasteiger partial charge < -0.3 is 0 Å². The van der Waals surface area contributed by atoms with Gasteiger partial charge in [0.1, 0.15) is 0 Å². The molecule has 2 aliphatic rings. The van der Waals surface area contributed by atoms with E-state index < -0.39 is 10.0 Å². The molecule has 0 fully saturated rings. The number of fused-ring (bicyclic) bond motifs is 1. The van der Waals surface area contributed by atoms with E-state index in [0.717, 1.165) is 36.8 Å². The molecule has 0 saturated carbocycles. The summed E-state index contributed by atoms with van der Waals surface area (Å²) in [5, 5.41) is 0. The first-order chi connectivity index (χ1) is 10.6. The van der Waals surface area contributed by atoms with Crippen molar-refractivity contribution < 1.29 is 8.42 Å². The number of sulfonamides is 1. The standard InChI is InChI=1S/C18H23NO2S/c1-22(20,21)19-14-17(15-9-6-4-7-10-15)13-16-11-5-2-3-8-12-18(16)19/h4,6-7,9-11,14,18H,2-3,5,8,12-13H2,1H3/b16-11-/t18-/m0/s1. The minimum atomic E-state index is -3.25. The van der Waals surface area contributed by atoms with E-state index in [4.69, 9.17) is 0 Å². The molecule has 1 aromatic rings. The molecule has 1 aromatic carbocycles. The Morgan fingerprint density at radius 1 is 1.09 bits per heavy atom. The highest BCUT2D eigenvalue weighted by atomic mass is 32.2. The normalized spacial score (nSPS) is 25.3. The Morgan fingerprint density at radius 2 is 1.86 bits per heavy atom. The summed E-state index contributed by atoms with van der Waals surface area (Å²) < 4.78 is 26.1. The van der Waals surface area contributed by atoms with Crippen molar-refractivity contribution in [3.05, 3.63) is 53.7 Å². The van der Waals surface area contributed by atoms with Crippen LogP contribution in [0.3, 0.4) is 0 Å². The van der Waals surface area contributed by atoms with Gasteiger partial charge in [-0.1, -0.05) is 49.2 Å². The summed E-state index contributed by atoms with van der Waals surface area (Å²) in [6.45, 7) is 0. The topological polar surface area (TPSA) is 37.4 Å². The Labute approximate surface area is 133 Å². The second kappa shape index (κ2) is 6.29. The molecule has 0 bridgehead atoms. The van der Waals surface area contributed by atoms with Crippen LogP contribution in [0, 0.1) is 0 Å². The van der Waals surface area contributed by atoms with Crippen molar-refractivity contribution in [1.29, 1.82) is 0 Å². The minimum absolute atomic E-state index is 0.0164. The molecule has 3 nitrogen and oxygen atoms in total. The monoisotopic (exact) mass is 317 g/mol. The lowest BCUT2D eigenvalue weighted by Crippen LogP contribution is -2.39. The van der Waals surface area contributed by atoms with Gasteiger partial charge in [-0.2, -0.15) is 0 Å². The molecular formula is C18H23NO2S. The van der Waals surface area contributed by atoms with E-state index in [1.807, 2.05) is 24.4 Å². The average molecular weight is 317 g/mol. The van der Waals surface area contributed by atoms with E-state index in [9.17, 15) is 8.42 Å². The van der Waals surface area contributed by atoms with Crippen molar-refractivity contribution in [3.8, 4) is 0 Å². The van der Waals surface area contributed by atoms with Crippen LogP contribution in [0.4, 0.5) is 0 Å². The zero-order valence-electron chi connectivity index (χ0n) is 13.0. The van der Waals surface area contributed by atoms with Crippen molar-refractivity contribution >= 4 is 15.6 Å². The first-order valence-electron chi connectivity index (χ1n) is 7.99. The van der Waals surface area contributed by atoms with Gasteiger partial charge >= 0.3 is 0 Å². The zero-order chi connectivity index (χ0) is 15.6. The van der Waals surface area contributed by atoms with E-state index in [1.54, 1.807) is 4.31 Å². The second-order valence-corrected chi connectivity index (χ2v) is 8.11. The van der Waals surface area contributed by atoms with Crippen LogP contribution in [0.25, 0.3) is 5.57 Å². The summed E-state index contributed by atoms with van der Waals surface area (Å²) in [5.74, 6) is 0. The molecule has 0 spiro atoms. The number of rotatable bonds is 2. The van der Waals surface area contributed by atoms with Crippen LogP contribution < -0.4 is 0 Å². The Bertz CT molecular complexity index is 689. The van der Waals surface area contributed by atoms with Crippen molar-refractivity contribution in [2.45, 2.75) is 44.6 Å². The highest BCUT2D eigenvalue weighted by Gasteiger charge is 2.31. The van der Waals surface area contributed by atoms with Crippen molar-refractivity contribution in [3.63, 3.8) is 0 Å². The van der Waals surface area contributed by atoms with Gasteiger partial charge in [0.05, 0.1) is 12.3 Å². The SMILES string of the molecule is CS(=O)(=O)N1C=C(c2ccccc2)C/C2=C/CCCCC[C@@H]21. The predicted molar refractivity (Wildman–Crippen MR) is 90.7 cm³/mol. The Kier molecular flexibility index (Phi) is 4.39. The van der Waals surface area contributed by atoms with Crippen molar-refractivity contribution in [1.82, 2.24) is 4.31 Å².